The first kappa shape index (κ1) is 13.9. The maximum absolute atomic E-state index is 12.2. The summed E-state index contributed by atoms with van der Waals surface area (Å²) in [5, 5.41) is 5.93. The van der Waals surface area contributed by atoms with Crippen molar-refractivity contribution < 1.29 is 4.79 Å². The number of fused-ring (bicyclic) bond motifs is 1. The van der Waals surface area contributed by atoms with Crippen LogP contribution in [0.3, 0.4) is 0 Å². The summed E-state index contributed by atoms with van der Waals surface area (Å²) in [5.41, 5.74) is 5.30. The van der Waals surface area contributed by atoms with Crippen LogP contribution in [0.15, 0.2) is 34.9 Å². The minimum atomic E-state index is -0.130. The fourth-order valence-electron chi connectivity index (χ4n) is 2.54. The lowest BCUT2D eigenvalue weighted by atomic mass is 9.88. The van der Waals surface area contributed by atoms with Crippen molar-refractivity contribution in [1.29, 1.82) is 0 Å². The van der Waals surface area contributed by atoms with Crippen LogP contribution < -0.4 is 5.43 Å². The molecule has 3 rings (SSSR count). The summed E-state index contributed by atoms with van der Waals surface area (Å²) >= 11 is 1.69. The predicted molar refractivity (Wildman–Crippen MR) is 84.8 cm³/mol. The topological polar surface area (TPSA) is 54.4 Å². The highest BCUT2D eigenvalue weighted by atomic mass is 32.1. The number of rotatable bonds is 3. The second-order valence-corrected chi connectivity index (χ2v) is 6.32. The molecule has 1 amide bonds. The number of nitrogens with zero attached hydrogens (tertiary/aromatic N) is 2. The van der Waals surface area contributed by atoms with Crippen LogP contribution in [0.4, 0.5) is 0 Å². The van der Waals surface area contributed by atoms with E-state index in [2.05, 4.69) is 22.4 Å². The van der Waals surface area contributed by atoms with Gasteiger partial charge in [0, 0.05) is 16.5 Å². The van der Waals surface area contributed by atoms with Crippen molar-refractivity contribution in [3.63, 3.8) is 0 Å². The molecule has 0 aliphatic heterocycles. The van der Waals surface area contributed by atoms with Crippen molar-refractivity contribution in [3.8, 4) is 0 Å². The van der Waals surface area contributed by atoms with Gasteiger partial charge in [0.15, 0.2) is 0 Å². The molecule has 0 saturated heterocycles. The first-order valence-electron chi connectivity index (χ1n) is 7.07. The van der Waals surface area contributed by atoms with E-state index in [4.69, 9.17) is 0 Å². The van der Waals surface area contributed by atoms with Gasteiger partial charge in [-0.05, 0) is 42.9 Å². The first-order valence-corrected chi connectivity index (χ1v) is 7.95. The molecular formula is C16H17N3OS. The SMILES string of the molecule is C[C@H]1CCc2c(C(=O)N/N=C\c3ccccn3)csc2C1. The van der Waals surface area contributed by atoms with Crippen molar-refractivity contribution >= 4 is 23.5 Å². The standard InChI is InChI=1S/C16H17N3OS/c1-11-5-6-13-14(10-21-15(13)8-11)16(20)19-18-9-12-4-2-3-7-17-12/h2-4,7,9-11H,5-6,8H2,1H3,(H,19,20)/b18-9-/t11-/m0/s1. The van der Waals surface area contributed by atoms with Crippen LogP contribution in [0.1, 0.15) is 39.8 Å². The average Bonchev–Trinajstić information content (AvgIpc) is 2.91. The Morgan fingerprint density at radius 1 is 1.52 bits per heavy atom. The van der Waals surface area contributed by atoms with Gasteiger partial charge in [-0.1, -0.05) is 13.0 Å². The second kappa shape index (κ2) is 6.18. The van der Waals surface area contributed by atoms with Crippen LogP contribution in [-0.4, -0.2) is 17.1 Å². The lowest BCUT2D eigenvalue weighted by Crippen LogP contribution is -2.20. The van der Waals surface area contributed by atoms with Crippen LogP contribution in [0.5, 0.6) is 0 Å². The quantitative estimate of drug-likeness (QED) is 0.699. The lowest BCUT2D eigenvalue weighted by Gasteiger charge is -2.18. The molecule has 1 N–H and O–H groups in total. The first-order chi connectivity index (χ1) is 10.2. The third kappa shape index (κ3) is 3.19. The van der Waals surface area contributed by atoms with Gasteiger partial charge in [-0.15, -0.1) is 11.3 Å². The van der Waals surface area contributed by atoms with E-state index in [1.54, 1.807) is 23.7 Å². The number of nitrogens with one attached hydrogen (secondary N) is 1. The van der Waals surface area contributed by atoms with E-state index in [1.807, 2.05) is 23.6 Å². The zero-order valence-corrected chi connectivity index (χ0v) is 12.7. The summed E-state index contributed by atoms with van der Waals surface area (Å²) in [7, 11) is 0. The van der Waals surface area contributed by atoms with Crippen LogP contribution in [0.25, 0.3) is 0 Å². The molecule has 0 saturated carbocycles. The summed E-state index contributed by atoms with van der Waals surface area (Å²) in [4.78, 5) is 17.7. The van der Waals surface area contributed by atoms with E-state index < -0.39 is 0 Å². The number of pyridine rings is 1. The maximum Gasteiger partial charge on any atom is 0.272 e. The average molecular weight is 299 g/mol. The van der Waals surface area contributed by atoms with Gasteiger partial charge in [0.25, 0.3) is 5.91 Å². The van der Waals surface area contributed by atoms with Gasteiger partial charge in [-0.25, -0.2) is 5.43 Å². The van der Waals surface area contributed by atoms with Gasteiger partial charge in [-0.3, -0.25) is 9.78 Å². The van der Waals surface area contributed by atoms with E-state index in [0.717, 1.165) is 30.5 Å². The zero-order chi connectivity index (χ0) is 14.7. The normalized spacial score (nSPS) is 17.7. The van der Waals surface area contributed by atoms with E-state index in [1.165, 1.54) is 10.4 Å². The molecule has 0 fully saturated rings. The third-order valence-electron chi connectivity index (χ3n) is 3.70. The Labute approximate surface area is 127 Å². The highest BCUT2D eigenvalue weighted by Gasteiger charge is 2.22. The molecule has 1 atom stereocenters. The van der Waals surface area contributed by atoms with Crippen LogP contribution in [0.2, 0.25) is 0 Å². The van der Waals surface area contributed by atoms with Crippen LogP contribution in [-0.2, 0) is 12.8 Å². The number of aromatic nitrogens is 1. The summed E-state index contributed by atoms with van der Waals surface area (Å²) in [6.07, 6.45) is 6.48. The molecule has 1 aliphatic carbocycles. The minimum Gasteiger partial charge on any atom is -0.267 e. The summed E-state index contributed by atoms with van der Waals surface area (Å²) < 4.78 is 0. The van der Waals surface area contributed by atoms with Gasteiger partial charge in [0.05, 0.1) is 17.5 Å². The molecular weight excluding hydrogens is 282 g/mol. The fraction of sp³-hybridized carbons (Fsp3) is 0.312. The molecule has 2 aromatic heterocycles. The molecule has 108 valence electrons. The molecule has 21 heavy (non-hydrogen) atoms. The van der Waals surface area contributed by atoms with Gasteiger partial charge in [0.1, 0.15) is 0 Å². The maximum atomic E-state index is 12.2. The Morgan fingerprint density at radius 3 is 3.24 bits per heavy atom. The molecule has 2 heterocycles. The largest absolute Gasteiger partial charge is 0.272 e. The monoisotopic (exact) mass is 299 g/mol. The molecule has 1 aliphatic rings. The van der Waals surface area contributed by atoms with E-state index >= 15 is 0 Å². The molecule has 0 spiro atoms. The van der Waals surface area contributed by atoms with Crippen molar-refractivity contribution in [2.45, 2.75) is 26.2 Å². The van der Waals surface area contributed by atoms with E-state index in [0.29, 0.717) is 5.92 Å². The number of hydrogen-bond donors (Lipinski definition) is 1. The smallest absolute Gasteiger partial charge is 0.267 e. The van der Waals surface area contributed by atoms with E-state index in [-0.39, 0.29) is 5.91 Å². The van der Waals surface area contributed by atoms with Gasteiger partial charge in [-0.2, -0.15) is 5.10 Å². The Bertz CT molecular complexity index is 663. The Kier molecular flexibility index (Phi) is 4.10. The Hall–Kier alpha value is -2.01. The number of hydrazone groups is 1. The third-order valence-corrected chi connectivity index (χ3v) is 4.75. The Morgan fingerprint density at radius 2 is 2.43 bits per heavy atom. The van der Waals surface area contributed by atoms with Gasteiger partial charge < -0.3 is 0 Å². The minimum absolute atomic E-state index is 0.130. The molecule has 4 nitrogen and oxygen atoms in total. The zero-order valence-electron chi connectivity index (χ0n) is 11.9. The molecule has 0 unspecified atom stereocenters. The van der Waals surface area contributed by atoms with Crippen molar-refractivity contribution in [3.05, 3.63) is 51.5 Å². The Balaban J connectivity index is 1.68. The van der Waals surface area contributed by atoms with Crippen LogP contribution in [0, 0.1) is 5.92 Å². The van der Waals surface area contributed by atoms with E-state index in [9.17, 15) is 4.79 Å². The molecule has 2 aromatic rings. The highest BCUT2D eigenvalue weighted by Crippen LogP contribution is 2.32. The van der Waals surface area contributed by atoms with Gasteiger partial charge >= 0.3 is 0 Å². The number of carbonyl (C=O) groups is 1. The predicted octanol–water partition coefficient (Wildman–Crippen LogP) is 3.03. The van der Waals surface area contributed by atoms with Crippen LogP contribution >= 0.6 is 11.3 Å². The number of hydrogen-bond acceptors (Lipinski definition) is 4. The second-order valence-electron chi connectivity index (χ2n) is 5.35. The molecule has 0 aromatic carbocycles. The summed E-state index contributed by atoms with van der Waals surface area (Å²) in [6.45, 7) is 2.26. The highest BCUT2D eigenvalue weighted by molar-refractivity contribution is 7.10. The number of thiophene rings is 1. The van der Waals surface area contributed by atoms with Crippen molar-refractivity contribution in [1.82, 2.24) is 10.4 Å². The van der Waals surface area contributed by atoms with Gasteiger partial charge in [0.2, 0.25) is 0 Å². The van der Waals surface area contributed by atoms with Crippen molar-refractivity contribution in [2.24, 2.45) is 11.0 Å². The van der Waals surface area contributed by atoms with Crippen molar-refractivity contribution in [2.75, 3.05) is 0 Å². The molecule has 0 radical (unpaired) electrons. The number of carbonyl (C=O) groups excluding carboxylic acids is 1. The summed E-state index contributed by atoms with van der Waals surface area (Å²) in [5.74, 6) is 0.587. The molecule has 5 heteroatoms. The molecule has 0 bridgehead atoms. The summed E-state index contributed by atoms with van der Waals surface area (Å²) in [6, 6.07) is 5.56. The number of amides is 1. The fourth-order valence-corrected chi connectivity index (χ4v) is 3.78. The lowest BCUT2D eigenvalue weighted by molar-refractivity contribution is 0.0954.